The number of hydrogen-bond acceptors (Lipinski definition) is 0. The second kappa shape index (κ2) is 6.55. The molecule has 0 radical (unpaired) electrons. The van der Waals surface area contributed by atoms with Crippen molar-refractivity contribution in [2.45, 2.75) is 85.0 Å². The molecule has 1 unspecified atom stereocenters. The highest BCUT2D eigenvalue weighted by atomic mass is 14.3. The van der Waals surface area contributed by atoms with Crippen molar-refractivity contribution < 1.29 is 0 Å². The van der Waals surface area contributed by atoms with Crippen molar-refractivity contribution in [2.24, 2.45) is 11.3 Å². The fourth-order valence-corrected chi connectivity index (χ4v) is 2.84. The van der Waals surface area contributed by atoms with Gasteiger partial charge in [-0.1, -0.05) is 65.7 Å². The lowest BCUT2D eigenvalue weighted by Gasteiger charge is -2.26. The van der Waals surface area contributed by atoms with Crippen molar-refractivity contribution in [1.29, 1.82) is 0 Å². The Hall–Kier alpha value is 0. The Balaban J connectivity index is 2.42. The first-order valence-electron chi connectivity index (χ1n) is 7.14. The van der Waals surface area contributed by atoms with Crippen molar-refractivity contribution in [3.05, 3.63) is 0 Å². The summed E-state index contributed by atoms with van der Waals surface area (Å²) in [6, 6.07) is 0. The molecule has 1 rings (SSSR count). The highest BCUT2D eigenvalue weighted by Crippen LogP contribution is 2.33. The minimum absolute atomic E-state index is 0.609. The summed E-state index contributed by atoms with van der Waals surface area (Å²) in [7, 11) is 0. The lowest BCUT2D eigenvalue weighted by atomic mass is 9.80. The molecule has 0 aromatic carbocycles. The molecule has 0 spiro atoms. The van der Waals surface area contributed by atoms with Crippen LogP contribution in [0.25, 0.3) is 0 Å². The van der Waals surface area contributed by atoms with E-state index in [0.717, 1.165) is 5.92 Å². The van der Waals surface area contributed by atoms with E-state index in [4.69, 9.17) is 0 Å². The van der Waals surface area contributed by atoms with Crippen LogP contribution in [-0.4, -0.2) is 0 Å². The second-order valence-electron chi connectivity index (χ2n) is 6.28. The van der Waals surface area contributed by atoms with Crippen molar-refractivity contribution in [1.82, 2.24) is 0 Å². The van der Waals surface area contributed by atoms with Gasteiger partial charge in [-0.25, -0.2) is 0 Å². The van der Waals surface area contributed by atoms with Crippen molar-refractivity contribution >= 4 is 0 Å². The van der Waals surface area contributed by atoms with Crippen LogP contribution in [0.2, 0.25) is 0 Å². The van der Waals surface area contributed by atoms with Crippen LogP contribution >= 0.6 is 0 Å². The van der Waals surface area contributed by atoms with Crippen LogP contribution in [0, 0.1) is 11.3 Å². The quantitative estimate of drug-likeness (QED) is 0.531. The molecule has 0 saturated heterocycles. The van der Waals surface area contributed by atoms with Gasteiger partial charge >= 0.3 is 0 Å². The molecule has 0 aromatic rings. The van der Waals surface area contributed by atoms with Gasteiger partial charge in [0.2, 0.25) is 0 Å². The average molecular weight is 210 g/mol. The molecular formula is C15H30. The maximum Gasteiger partial charge on any atom is -0.0354 e. The molecular weight excluding hydrogens is 180 g/mol. The fourth-order valence-electron chi connectivity index (χ4n) is 2.84. The standard InChI is InChI=1S/C15H30/c1-4-14-10-8-6-5-7-9-12-15(2,3)13-11-14/h14H,4-13H2,1-3H3. The van der Waals surface area contributed by atoms with Crippen LogP contribution in [0.4, 0.5) is 0 Å². The summed E-state index contributed by atoms with van der Waals surface area (Å²) in [5, 5.41) is 0. The Bertz CT molecular complexity index is 157. The first kappa shape index (κ1) is 13.1. The van der Waals surface area contributed by atoms with E-state index in [2.05, 4.69) is 20.8 Å². The molecule has 0 nitrogen and oxygen atoms in total. The topological polar surface area (TPSA) is 0 Å². The summed E-state index contributed by atoms with van der Waals surface area (Å²) in [5.41, 5.74) is 0.609. The Kier molecular flexibility index (Phi) is 5.71. The van der Waals surface area contributed by atoms with Crippen LogP contribution in [0.15, 0.2) is 0 Å². The van der Waals surface area contributed by atoms with Crippen LogP contribution in [-0.2, 0) is 0 Å². The second-order valence-corrected chi connectivity index (χ2v) is 6.28. The molecule has 1 aliphatic carbocycles. The highest BCUT2D eigenvalue weighted by Gasteiger charge is 2.19. The van der Waals surface area contributed by atoms with Gasteiger partial charge < -0.3 is 0 Å². The summed E-state index contributed by atoms with van der Waals surface area (Å²) >= 11 is 0. The molecule has 0 aliphatic heterocycles. The summed E-state index contributed by atoms with van der Waals surface area (Å²) < 4.78 is 0. The molecule has 90 valence electrons. The first-order valence-corrected chi connectivity index (χ1v) is 7.14. The molecule has 0 N–H and O–H groups in total. The maximum atomic E-state index is 2.47. The van der Waals surface area contributed by atoms with Gasteiger partial charge in [-0.15, -0.1) is 0 Å². The van der Waals surface area contributed by atoms with Gasteiger partial charge in [0, 0.05) is 0 Å². The van der Waals surface area contributed by atoms with Gasteiger partial charge in [-0.05, 0) is 30.6 Å². The van der Waals surface area contributed by atoms with Crippen LogP contribution in [0.5, 0.6) is 0 Å². The molecule has 0 heteroatoms. The molecule has 1 fully saturated rings. The predicted molar refractivity (Wildman–Crippen MR) is 69.1 cm³/mol. The smallest absolute Gasteiger partial charge is 0.0354 e. The minimum Gasteiger partial charge on any atom is -0.0651 e. The summed E-state index contributed by atoms with van der Waals surface area (Å²) in [4.78, 5) is 0. The maximum absolute atomic E-state index is 2.47. The fraction of sp³-hybridized carbons (Fsp3) is 1.00. The molecule has 15 heavy (non-hydrogen) atoms. The van der Waals surface area contributed by atoms with Crippen LogP contribution < -0.4 is 0 Å². The van der Waals surface area contributed by atoms with E-state index in [1.807, 2.05) is 0 Å². The normalized spacial score (nSPS) is 29.4. The molecule has 1 atom stereocenters. The zero-order valence-electron chi connectivity index (χ0n) is 11.1. The third kappa shape index (κ3) is 5.58. The van der Waals surface area contributed by atoms with E-state index in [9.17, 15) is 0 Å². The average Bonchev–Trinajstić information content (AvgIpc) is 2.23. The highest BCUT2D eigenvalue weighted by molar-refractivity contribution is 4.72. The molecule has 1 saturated carbocycles. The minimum atomic E-state index is 0.609. The van der Waals surface area contributed by atoms with Crippen LogP contribution in [0.1, 0.15) is 85.0 Å². The van der Waals surface area contributed by atoms with Gasteiger partial charge in [0.05, 0.1) is 0 Å². The number of hydrogen-bond donors (Lipinski definition) is 0. The van der Waals surface area contributed by atoms with Gasteiger partial charge in [0.25, 0.3) is 0 Å². The Labute approximate surface area is 96.8 Å². The molecule has 0 heterocycles. The molecule has 0 bridgehead atoms. The van der Waals surface area contributed by atoms with E-state index in [-0.39, 0.29) is 0 Å². The van der Waals surface area contributed by atoms with E-state index in [1.54, 1.807) is 0 Å². The zero-order chi connectivity index (χ0) is 11.1. The van der Waals surface area contributed by atoms with E-state index >= 15 is 0 Å². The molecule has 0 aromatic heterocycles. The van der Waals surface area contributed by atoms with Crippen molar-refractivity contribution in [3.63, 3.8) is 0 Å². The molecule has 1 aliphatic rings. The predicted octanol–water partition coefficient (Wildman–Crippen LogP) is 5.56. The van der Waals surface area contributed by atoms with Gasteiger partial charge in [-0.3, -0.25) is 0 Å². The summed E-state index contributed by atoms with van der Waals surface area (Å²) in [5.74, 6) is 1.02. The van der Waals surface area contributed by atoms with E-state index in [0.29, 0.717) is 5.41 Å². The monoisotopic (exact) mass is 210 g/mol. The zero-order valence-corrected chi connectivity index (χ0v) is 11.1. The van der Waals surface area contributed by atoms with Crippen molar-refractivity contribution in [2.75, 3.05) is 0 Å². The van der Waals surface area contributed by atoms with Gasteiger partial charge in [0.15, 0.2) is 0 Å². The summed E-state index contributed by atoms with van der Waals surface area (Å²) in [6.07, 6.45) is 14.6. The van der Waals surface area contributed by atoms with Crippen molar-refractivity contribution in [3.8, 4) is 0 Å². The molecule has 0 amide bonds. The Morgan fingerprint density at radius 1 is 0.867 bits per heavy atom. The van der Waals surface area contributed by atoms with E-state index < -0.39 is 0 Å². The third-order valence-electron chi connectivity index (χ3n) is 4.27. The first-order chi connectivity index (χ1) is 7.14. The summed E-state index contributed by atoms with van der Waals surface area (Å²) in [6.45, 7) is 7.31. The lowest BCUT2D eigenvalue weighted by Crippen LogP contribution is -2.13. The number of rotatable bonds is 1. The largest absolute Gasteiger partial charge is 0.0651 e. The van der Waals surface area contributed by atoms with Crippen LogP contribution in [0.3, 0.4) is 0 Å². The SMILES string of the molecule is CCC1CCCCCCCC(C)(C)CC1. The Morgan fingerprint density at radius 3 is 2.27 bits per heavy atom. The van der Waals surface area contributed by atoms with Gasteiger partial charge in [-0.2, -0.15) is 0 Å². The Morgan fingerprint density at radius 2 is 1.53 bits per heavy atom. The third-order valence-corrected chi connectivity index (χ3v) is 4.27. The lowest BCUT2D eigenvalue weighted by molar-refractivity contribution is 0.260. The van der Waals surface area contributed by atoms with Gasteiger partial charge in [0.1, 0.15) is 0 Å². The van der Waals surface area contributed by atoms with E-state index in [1.165, 1.54) is 64.2 Å².